The first-order valence-electron chi connectivity index (χ1n) is 7.23. The van der Waals surface area contributed by atoms with E-state index in [0.717, 1.165) is 31.0 Å². The van der Waals surface area contributed by atoms with Crippen molar-refractivity contribution < 1.29 is 4.74 Å². The van der Waals surface area contributed by atoms with Crippen LogP contribution in [0.3, 0.4) is 0 Å². The third-order valence-corrected chi connectivity index (χ3v) is 4.00. The van der Waals surface area contributed by atoms with Gasteiger partial charge >= 0.3 is 0 Å². The lowest BCUT2D eigenvalue weighted by molar-refractivity contribution is 0.296. The number of imidazole rings is 1. The first kappa shape index (κ1) is 13.2. The van der Waals surface area contributed by atoms with E-state index >= 15 is 0 Å². The Morgan fingerprint density at radius 3 is 3.15 bits per heavy atom. The van der Waals surface area contributed by atoms with Crippen molar-refractivity contribution in [3.05, 3.63) is 47.5 Å². The van der Waals surface area contributed by atoms with Crippen molar-refractivity contribution in [1.82, 2.24) is 9.55 Å². The second kappa shape index (κ2) is 5.67. The molecule has 20 heavy (non-hydrogen) atoms. The van der Waals surface area contributed by atoms with E-state index in [1.54, 1.807) is 0 Å². The summed E-state index contributed by atoms with van der Waals surface area (Å²) in [5.41, 5.74) is 8.81. The summed E-state index contributed by atoms with van der Waals surface area (Å²) in [7, 11) is 0. The molecule has 1 aromatic heterocycles. The van der Waals surface area contributed by atoms with Gasteiger partial charge in [0.2, 0.25) is 0 Å². The van der Waals surface area contributed by atoms with Gasteiger partial charge in [-0.05, 0) is 49.4 Å². The standard InChI is InChI=1S/C16H21N3O/c1-12-18-7-8-19(12)9-10-20-14-6-5-13-3-2-4-16(17)15(13)11-14/h5-8,11,16H,2-4,9-10,17H2,1H3/t16-/m0/s1. The highest BCUT2D eigenvalue weighted by molar-refractivity contribution is 5.39. The summed E-state index contributed by atoms with van der Waals surface area (Å²) in [4.78, 5) is 4.20. The molecule has 1 aromatic carbocycles. The lowest BCUT2D eigenvalue weighted by Gasteiger charge is -2.22. The van der Waals surface area contributed by atoms with Crippen molar-refractivity contribution in [2.75, 3.05) is 6.61 Å². The van der Waals surface area contributed by atoms with Crippen LogP contribution < -0.4 is 10.5 Å². The normalized spacial score (nSPS) is 17.8. The van der Waals surface area contributed by atoms with Crippen molar-refractivity contribution in [2.45, 2.75) is 38.8 Å². The van der Waals surface area contributed by atoms with Gasteiger partial charge in [0.25, 0.3) is 0 Å². The van der Waals surface area contributed by atoms with E-state index in [1.165, 1.54) is 17.5 Å². The Hall–Kier alpha value is -1.81. The molecule has 0 aliphatic heterocycles. The number of nitrogens with zero attached hydrogens (tertiary/aromatic N) is 2. The summed E-state index contributed by atoms with van der Waals surface area (Å²) >= 11 is 0. The molecule has 0 bridgehead atoms. The van der Waals surface area contributed by atoms with Crippen LogP contribution in [-0.4, -0.2) is 16.2 Å². The fourth-order valence-corrected chi connectivity index (χ4v) is 2.81. The number of aryl methyl sites for hydroxylation is 2. The first-order valence-corrected chi connectivity index (χ1v) is 7.23. The summed E-state index contributed by atoms with van der Waals surface area (Å²) in [6, 6.07) is 6.49. The van der Waals surface area contributed by atoms with Crippen molar-refractivity contribution in [2.24, 2.45) is 5.73 Å². The maximum atomic E-state index is 6.17. The third kappa shape index (κ3) is 2.70. The van der Waals surface area contributed by atoms with Gasteiger partial charge in [-0.1, -0.05) is 6.07 Å². The van der Waals surface area contributed by atoms with Crippen LogP contribution in [0.2, 0.25) is 0 Å². The largest absolute Gasteiger partial charge is 0.492 e. The maximum Gasteiger partial charge on any atom is 0.119 e. The fourth-order valence-electron chi connectivity index (χ4n) is 2.81. The zero-order valence-corrected chi connectivity index (χ0v) is 11.9. The second-order valence-electron chi connectivity index (χ2n) is 5.38. The van der Waals surface area contributed by atoms with Crippen LogP contribution in [0.1, 0.15) is 35.8 Å². The molecule has 4 nitrogen and oxygen atoms in total. The van der Waals surface area contributed by atoms with Crippen LogP contribution in [-0.2, 0) is 13.0 Å². The van der Waals surface area contributed by atoms with Gasteiger partial charge in [0.05, 0.1) is 6.54 Å². The molecule has 0 radical (unpaired) electrons. The molecule has 2 aromatic rings. The van der Waals surface area contributed by atoms with E-state index in [1.807, 2.05) is 19.3 Å². The van der Waals surface area contributed by atoms with Crippen LogP contribution >= 0.6 is 0 Å². The highest BCUT2D eigenvalue weighted by Gasteiger charge is 2.17. The number of ether oxygens (including phenoxy) is 1. The van der Waals surface area contributed by atoms with E-state index in [2.05, 4.69) is 27.8 Å². The molecular weight excluding hydrogens is 250 g/mol. The predicted octanol–water partition coefficient (Wildman–Crippen LogP) is 2.61. The minimum atomic E-state index is 0.165. The van der Waals surface area contributed by atoms with E-state index in [0.29, 0.717) is 6.61 Å². The van der Waals surface area contributed by atoms with Crippen LogP contribution in [0, 0.1) is 6.92 Å². The molecule has 0 saturated carbocycles. The zero-order valence-electron chi connectivity index (χ0n) is 11.9. The minimum absolute atomic E-state index is 0.165. The quantitative estimate of drug-likeness (QED) is 0.930. The highest BCUT2D eigenvalue weighted by Crippen LogP contribution is 2.30. The van der Waals surface area contributed by atoms with Crippen molar-refractivity contribution in [3.63, 3.8) is 0 Å². The monoisotopic (exact) mass is 271 g/mol. The Morgan fingerprint density at radius 2 is 2.35 bits per heavy atom. The molecule has 2 N–H and O–H groups in total. The smallest absolute Gasteiger partial charge is 0.119 e. The van der Waals surface area contributed by atoms with Crippen molar-refractivity contribution in [1.29, 1.82) is 0 Å². The molecule has 1 aliphatic carbocycles. The summed E-state index contributed by atoms with van der Waals surface area (Å²) in [5.74, 6) is 1.93. The van der Waals surface area contributed by atoms with Crippen molar-refractivity contribution in [3.8, 4) is 5.75 Å². The molecule has 0 fully saturated rings. The summed E-state index contributed by atoms with van der Waals surface area (Å²) < 4.78 is 7.93. The van der Waals surface area contributed by atoms with Gasteiger partial charge in [-0.2, -0.15) is 0 Å². The molecule has 0 unspecified atom stereocenters. The van der Waals surface area contributed by atoms with Gasteiger partial charge in [-0.25, -0.2) is 4.98 Å². The molecule has 4 heteroatoms. The average molecular weight is 271 g/mol. The minimum Gasteiger partial charge on any atom is -0.492 e. The molecule has 0 spiro atoms. The Bertz CT molecular complexity index is 591. The SMILES string of the molecule is Cc1nccn1CCOc1ccc2c(c1)[C@@H](N)CCC2. The molecule has 106 valence electrons. The fraction of sp³-hybridized carbons (Fsp3) is 0.438. The maximum absolute atomic E-state index is 6.17. The Labute approximate surface area is 119 Å². The average Bonchev–Trinajstić information content (AvgIpc) is 2.85. The number of nitrogens with two attached hydrogens (primary N) is 1. The Balaban J connectivity index is 1.63. The van der Waals surface area contributed by atoms with Crippen LogP contribution in [0.4, 0.5) is 0 Å². The number of hydrogen-bond acceptors (Lipinski definition) is 3. The molecule has 3 rings (SSSR count). The van der Waals surface area contributed by atoms with Crippen molar-refractivity contribution >= 4 is 0 Å². The third-order valence-electron chi connectivity index (χ3n) is 4.00. The Morgan fingerprint density at radius 1 is 1.45 bits per heavy atom. The van der Waals surface area contributed by atoms with Gasteiger partial charge in [0.15, 0.2) is 0 Å². The number of aromatic nitrogens is 2. The first-order chi connectivity index (χ1) is 9.74. The van der Waals surface area contributed by atoms with E-state index < -0.39 is 0 Å². The summed E-state index contributed by atoms with van der Waals surface area (Å²) in [6.45, 7) is 3.46. The predicted molar refractivity (Wildman–Crippen MR) is 78.8 cm³/mol. The molecule has 0 saturated heterocycles. The molecule has 1 aliphatic rings. The molecule has 0 amide bonds. The Kier molecular flexibility index (Phi) is 3.74. The number of hydrogen-bond donors (Lipinski definition) is 1. The van der Waals surface area contributed by atoms with Crippen LogP contribution in [0.5, 0.6) is 5.75 Å². The zero-order chi connectivity index (χ0) is 13.9. The topological polar surface area (TPSA) is 53.1 Å². The lowest BCUT2D eigenvalue weighted by Crippen LogP contribution is -2.17. The van der Waals surface area contributed by atoms with Crippen LogP contribution in [0.25, 0.3) is 0 Å². The molecular formula is C16H21N3O. The molecule has 1 heterocycles. The summed E-state index contributed by atoms with van der Waals surface area (Å²) in [6.07, 6.45) is 7.19. The van der Waals surface area contributed by atoms with Gasteiger partial charge < -0.3 is 15.0 Å². The lowest BCUT2D eigenvalue weighted by atomic mass is 9.88. The number of fused-ring (bicyclic) bond motifs is 1. The van der Waals surface area contributed by atoms with Gasteiger partial charge in [-0.3, -0.25) is 0 Å². The van der Waals surface area contributed by atoms with Gasteiger partial charge in [0.1, 0.15) is 18.2 Å². The van der Waals surface area contributed by atoms with Gasteiger partial charge in [-0.15, -0.1) is 0 Å². The van der Waals surface area contributed by atoms with Crippen LogP contribution in [0.15, 0.2) is 30.6 Å². The number of rotatable bonds is 4. The van der Waals surface area contributed by atoms with E-state index in [9.17, 15) is 0 Å². The summed E-state index contributed by atoms with van der Waals surface area (Å²) in [5, 5.41) is 0. The number of benzene rings is 1. The van der Waals surface area contributed by atoms with Gasteiger partial charge in [0, 0.05) is 18.4 Å². The second-order valence-corrected chi connectivity index (χ2v) is 5.38. The molecule has 1 atom stereocenters. The van der Waals surface area contributed by atoms with E-state index in [-0.39, 0.29) is 6.04 Å². The highest BCUT2D eigenvalue weighted by atomic mass is 16.5. The van der Waals surface area contributed by atoms with E-state index in [4.69, 9.17) is 10.5 Å².